The lowest BCUT2D eigenvalue weighted by molar-refractivity contribution is 0.0890. The predicted octanol–water partition coefficient (Wildman–Crippen LogP) is 2.84. The van der Waals surface area contributed by atoms with E-state index in [1.54, 1.807) is 31.1 Å². The normalized spacial score (nSPS) is 19.1. The molecule has 1 fully saturated rings. The molecule has 144 valence electrons. The number of imidazole rings is 1. The molecule has 1 amide bonds. The summed E-state index contributed by atoms with van der Waals surface area (Å²) in [5.74, 6) is 0.540. The molecule has 0 unspecified atom stereocenters. The van der Waals surface area contributed by atoms with Gasteiger partial charge in [0.05, 0.1) is 12.5 Å². The van der Waals surface area contributed by atoms with Crippen molar-refractivity contribution in [3.8, 4) is 5.88 Å². The van der Waals surface area contributed by atoms with E-state index in [0.29, 0.717) is 11.4 Å². The fourth-order valence-electron chi connectivity index (χ4n) is 3.46. The van der Waals surface area contributed by atoms with E-state index in [0.717, 1.165) is 37.8 Å². The Morgan fingerprint density at radius 3 is 2.57 bits per heavy atom. The molecule has 0 bridgehead atoms. The van der Waals surface area contributed by atoms with Crippen molar-refractivity contribution in [3.63, 3.8) is 0 Å². The average Bonchev–Trinajstić information content (AvgIpc) is 3.24. The summed E-state index contributed by atoms with van der Waals surface area (Å²) in [4.78, 5) is 24.7. The van der Waals surface area contributed by atoms with Crippen molar-refractivity contribution >= 4 is 5.91 Å². The highest BCUT2D eigenvalue weighted by Gasteiger charge is 2.24. The van der Waals surface area contributed by atoms with Gasteiger partial charge < -0.3 is 14.6 Å². The molecule has 0 radical (unpaired) electrons. The molecule has 1 aliphatic rings. The number of carbonyl (C=O) groups excluding carboxylic acids is 1. The van der Waals surface area contributed by atoms with Gasteiger partial charge in [0.15, 0.2) is 0 Å². The topological polar surface area (TPSA) is 81.9 Å². The standard InChI is InChI=1S/C21H23N5O2/c27-21(17-3-1-16(2-4-17)14-26-12-11-23-15-26)25-18-5-7-19(8-6-18)28-20-13-22-9-10-24-20/h1-4,9-13,15,18-19H,5-8,14H2,(H,25,27). The zero-order chi connectivity index (χ0) is 19.2. The molecular weight excluding hydrogens is 354 g/mol. The monoisotopic (exact) mass is 377 g/mol. The fraction of sp³-hybridized carbons (Fsp3) is 0.333. The van der Waals surface area contributed by atoms with E-state index < -0.39 is 0 Å². The van der Waals surface area contributed by atoms with Crippen molar-refractivity contribution in [3.05, 3.63) is 72.7 Å². The van der Waals surface area contributed by atoms with Crippen LogP contribution < -0.4 is 10.1 Å². The SMILES string of the molecule is O=C(NC1CCC(Oc2cnccn2)CC1)c1ccc(Cn2ccnc2)cc1. The Morgan fingerprint density at radius 1 is 1.07 bits per heavy atom. The average molecular weight is 377 g/mol. The lowest BCUT2D eigenvalue weighted by Gasteiger charge is -2.29. The molecular formula is C21H23N5O2. The number of benzene rings is 1. The number of rotatable bonds is 6. The molecule has 2 heterocycles. The highest BCUT2D eigenvalue weighted by molar-refractivity contribution is 5.94. The highest BCUT2D eigenvalue weighted by Crippen LogP contribution is 2.22. The molecule has 28 heavy (non-hydrogen) atoms. The second-order valence-electron chi connectivity index (χ2n) is 7.04. The van der Waals surface area contributed by atoms with Crippen LogP contribution in [0.1, 0.15) is 41.6 Å². The van der Waals surface area contributed by atoms with Crippen molar-refractivity contribution < 1.29 is 9.53 Å². The molecule has 1 aromatic carbocycles. The maximum Gasteiger partial charge on any atom is 0.251 e. The van der Waals surface area contributed by atoms with Crippen molar-refractivity contribution in [1.82, 2.24) is 24.8 Å². The second kappa shape index (κ2) is 8.65. The van der Waals surface area contributed by atoms with Crippen molar-refractivity contribution in [1.29, 1.82) is 0 Å². The maximum atomic E-state index is 12.5. The van der Waals surface area contributed by atoms with Gasteiger partial charge in [-0.05, 0) is 43.4 Å². The Labute approximate surface area is 163 Å². The van der Waals surface area contributed by atoms with Gasteiger partial charge in [0.2, 0.25) is 5.88 Å². The van der Waals surface area contributed by atoms with Gasteiger partial charge in [-0.15, -0.1) is 0 Å². The van der Waals surface area contributed by atoms with Gasteiger partial charge in [0, 0.05) is 42.9 Å². The first-order valence-corrected chi connectivity index (χ1v) is 9.54. The van der Waals surface area contributed by atoms with Gasteiger partial charge in [0.25, 0.3) is 5.91 Å². The Bertz CT molecular complexity index is 873. The molecule has 7 heteroatoms. The van der Waals surface area contributed by atoms with E-state index >= 15 is 0 Å². The van der Waals surface area contributed by atoms with Crippen LogP contribution in [-0.4, -0.2) is 37.6 Å². The van der Waals surface area contributed by atoms with Crippen molar-refractivity contribution in [2.24, 2.45) is 0 Å². The van der Waals surface area contributed by atoms with Gasteiger partial charge in [0.1, 0.15) is 6.10 Å². The second-order valence-corrected chi connectivity index (χ2v) is 7.04. The lowest BCUT2D eigenvalue weighted by Crippen LogP contribution is -2.39. The van der Waals surface area contributed by atoms with Gasteiger partial charge in [-0.2, -0.15) is 0 Å². The van der Waals surface area contributed by atoms with Gasteiger partial charge in [-0.1, -0.05) is 12.1 Å². The summed E-state index contributed by atoms with van der Waals surface area (Å²) in [5, 5.41) is 3.15. The summed E-state index contributed by atoms with van der Waals surface area (Å²) in [6, 6.07) is 7.91. The Morgan fingerprint density at radius 2 is 1.89 bits per heavy atom. The molecule has 1 aliphatic carbocycles. The molecule has 0 aliphatic heterocycles. The third-order valence-electron chi connectivity index (χ3n) is 4.98. The maximum absolute atomic E-state index is 12.5. The van der Waals surface area contributed by atoms with E-state index in [1.807, 2.05) is 35.0 Å². The summed E-state index contributed by atoms with van der Waals surface area (Å²) < 4.78 is 7.85. The molecule has 1 N–H and O–H groups in total. The largest absolute Gasteiger partial charge is 0.473 e. The number of amides is 1. The quantitative estimate of drug-likeness (QED) is 0.714. The number of hydrogen-bond donors (Lipinski definition) is 1. The smallest absolute Gasteiger partial charge is 0.251 e. The number of nitrogens with one attached hydrogen (secondary N) is 1. The van der Waals surface area contributed by atoms with Crippen LogP contribution in [0.5, 0.6) is 5.88 Å². The van der Waals surface area contributed by atoms with Gasteiger partial charge >= 0.3 is 0 Å². The number of ether oxygens (including phenoxy) is 1. The van der Waals surface area contributed by atoms with E-state index in [2.05, 4.69) is 20.3 Å². The van der Waals surface area contributed by atoms with Gasteiger partial charge in [-0.25, -0.2) is 9.97 Å². The van der Waals surface area contributed by atoms with E-state index in [1.165, 1.54) is 0 Å². The number of hydrogen-bond acceptors (Lipinski definition) is 5. The van der Waals surface area contributed by atoms with Crippen LogP contribution in [-0.2, 0) is 6.54 Å². The first kappa shape index (κ1) is 18.2. The van der Waals surface area contributed by atoms with E-state index in [9.17, 15) is 4.79 Å². The summed E-state index contributed by atoms with van der Waals surface area (Å²) in [6.45, 7) is 0.748. The summed E-state index contributed by atoms with van der Waals surface area (Å²) in [6.07, 6.45) is 14.1. The Hall–Kier alpha value is -3.22. The van der Waals surface area contributed by atoms with E-state index in [-0.39, 0.29) is 18.1 Å². The van der Waals surface area contributed by atoms with E-state index in [4.69, 9.17) is 4.74 Å². The molecule has 0 spiro atoms. The molecule has 2 aromatic heterocycles. The first-order valence-electron chi connectivity index (χ1n) is 9.54. The Kier molecular flexibility index (Phi) is 5.61. The number of nitrogens with zero attached hydrogens (tertiary/aromatic N) is 4. The third kappa shape index (κ3) is 4.73. The number of aromatic nitrogens is 4. The highest BCUT2D eigenvalue weighted by atomic mass is 16.5. The zero-order valence-electron chi connectivity index (χ0n) is 15.6. The Balaban J connectivity index is 1.25. The van der Waals surface area contributed by atoms with Crippen LogP contribution in [0.3, 0.4) is 0 Å². The van der Waals surface area contributed by atoms with Crippen LogP contribution >= 0.6 is 0 Å². The fourth-order valence-corrected chi connectivity index (χ4v) is 3.46. The van der Waals surface area contributed by atoms with Crippen LogP contribution in [0.25, 0.3) is 0 Å². The summed E-state index contributed by atoms with van der Waals surface area (Å²) >= 11 is 0. The van der Waals surface area contributed by atoms with Crippen molar-refractivity contribution in [2.45, 2.75) is 44.4 Å². The van der Waals surface area contributed by atoms with Crippen LogP contribution in [0, 0.1) is 0 Å². The third-order valence-corrected chi connectivity index (χ3v) is 4.98. The minimum atomic E-state index is -0.0209. The molecule has 3 aromatic rings. The lowest BCUT2D eigenvalue weighted by atomic mass is 9.92. The first-order chi connectivity index (χ1) is 13.8. The molecule has 7 nitrogen and oxygen atoms in total. The molecule has 0 saturated heterocycles. The minimum absolute atomic E-state index is 0.0209. The predicted molar refractivity (Wildman–Crippen MR) is 104 cm³/mol. The van der Waals surface area contributed by atoms with Crippen LogP contribution in [0.4, 0.5) is 0 Å². The summed E-state index contributed by atoms with van der Waals surface area (Å²) in [7, 11) is 0. The minimum Gasteiger partial charge on any atom is -0.473 e. The zero-order valence-corrected chi connectivity index (χ0v) is 15.6. The molecule has 0 atom stereocenters. The molecule has 1 saturated carbocycles. The van der Waals surface area contributed by atoms with Gasteiger partial charge in [-0.3, -0.25) is 9.78 Å². The molecule has 4 rings (SSSR count). The number of carbonyl (C=O) groups is 1. The van der Waals surface area contributed by atoms with Crippen LogP contribution in [0.2, 0.25) is 0 Å². The van der Waals surface area contributed by atoms with Crippen molar-refractivity contribution in [2.75, 3.05) is 0 Å². The van der Waals surface area contributed by atoms with Crippen LogP contribution in [0.15, 0.2) is 61.6 Å². The summed E-state index contributed by atoms with van der Waals surface area (Å²) in [5.41, 5.74) is 1.82.